The summed E-state index contributed by atoms with van der Waals surface area (Å²) >= 11 is 6.78. The second kappa shape index (κ2) is 4.03. The van der Waals surface area contributed by atoms with Gasteiger partial charge in [-0.25, -0.2) is 8.42 Å². The summed E-state index contributed by atoms with van der Waals surface area (Å²) in [6.07, 6.45) is -0.393. The number of hydrogen-bond donors (Lipinski definition) is 0. The van der Waals surface area contributed by atoms with Gasteiger partial charge in [0.25, 0.3) is 10.0 Å². The van der Waals surface area contributed by atoms with Crippen LogP contribution < -0.4 is 0 Å². The zero-order valence-electron chi connectivity index (χ0n) is 8.01. The molecule has 1 aromatic heterocycles. The first-order valence-electron chi connectivity index (χ1n) is 4.40. The van der Waals surface area contributed by atoms with E-state index in [0.29, 0.717) is 17.5 Å². The summed E-state index contributed by atoms with van der Waals surface area (Å²) in [6.45, 7) is 2.57. The minimum Gasteiger partial charge on any atom is -0.361 e. The van der Waals surface area contributed by atoms with E-state index in [4.69, 9.17) is 16.3 Å². The SMILES string of the molecule is CC1OCCN1S(=O)(=O)c1ccc(Cl)s1. The number of rotatable bonds is 2. The molecule has 2 rings (SSSR count). The van der Waals surface area contributed by atoms with Gasteiger partial charge in [-0.15, -0.1) is 11.3 Å². The van der Waals surface area contributed by atoms with Crippen molar-refractivity contribution < 1.29 is 13.2 Å². The van der Waals surface area contributed by atoms with Crippen molar-refractivity contribution in [3.05, 3.63) is 16.5 Å². The molecular formula is C8H10ClNO3S2. The normalized spacial score (nSPS) is 23.5. The number of ether oxygens (including phenoxy) is 1. The van der Waals surface area contributed by atoms with Gasteiger partial charge in [-0.3, -0.25) is 0 Å². The monoisotopic (exact) mass is 267 g/mol. The summed E-state index contributed by atoms with van der Waals surface area (Å²) in [4.78, 5) is 0. The quantitative estimate of drug-likeness (QED) is 0.820. The topological polar surface area (TPSA) is 46.6 Å². The van der Waals surface area contributed by atoms with Gasteiger partial charge in [0.05, 0.1) is 10.9 Å². The van der Waals surface area contributed by atoms with E-state index in [-0.39, 0.29) is 4.21 Å². The van der Waals surface area contributed by atoms with Crippen LogP contribution in [0, 0.1) is 0 Å². The lowest BCUT2D eigenvalue weighted by atomic mass is 10.7. The molecule has 1 aliphatic heterocycles. The van der Waals surface area contributed by atoms with Gasteiger partial charge < -0.3 is 4.74 Å². The highest BCUT2D eigenvalue weighted by atomic mass is 35.5. The number of thiophene rings is 1. The Morgan fingerprint density at radius 1 is 1.60 bits per heavy atom. The predicted octanol–water partition coefficient (Wildman–Crippen LogP) is 1.77. The maximum Gasteiger partial charge on any atom is 0.254 e. The lowest BCUT2D eigenvalue weighted by molar-refractivity contribution is 0.0847. The molecule has 84 valence electrons. The van der Waals surface area contributed by atoms with Crippen molar-refractivity contribution in [3.63, 3.8) is 0 Å². The highest BCUT2D eigenvalue weighted by Gasteiger charge is 2.34. The fourth-order valence-electron chi connectivity index (χ4n) is 1.45. The van der Waals surface area contributed by atoms with Crippen molar-refractivity contribution in [2.45, 2.75) is 17.4 Å². The van der Waals surface area contributed by atoms with Crippen LogP contribution in [0.5, 0.6) is 0 Å². The van der Waals surface area contributed by atoms with Crippen molar-refractivity contribution in [2.75, 3.05) is 13.2 Å². The molecule has 0 aliphatic carbocycles. The van der Waals surface area contributed by atoms with Crippen molar-refractivity contribution in [2.24, 2.45) is 0 Å². The minimum atomic E-state index is -3.42. The number of nitrogens with zero attached hydrogens (tertiary/aromatic N) is 1. The highest BCUT2D eigenvalue weighted by Crippen LogP contribution is 2.30. The fourth-order valence-corrected chi connectivity index (χ4v) is 4.58. The average molecular weight is 268 g/mol. The van der Waals surface area contributed by atoms with Crippen LogP contribution in [-0.4, -0.2) is 32.1 Å². The van der Waals surface area contributed by atoms with Crippen LogP contribution in [-0.2, 0) is 14.8 Å². The van der Waals surface area contributed by atoms with Gasteiger partial charge in [0.1, 0.15) is 10.4 Å². The van der Waals surface area contributed by atoms with Crippen LogP contribution in [0.25, 0.3) is 0 Å². The van der Waals surface area contributed by atoms with Gasteiger partial charge in [-0.2, -0.15) is 4.31 Å². The molecule has 15 heavy (non-hydrogen) atoms. The summed E-state index contributed by atoms with van der Waals surface area (Å²) in [5.74, 6) is 0. The van der Waals surface area contributed by atoms with Crippen LogP contribution in [0.4, 0.5) is 0 Å². The van der Waals surface area contributed by atoms with E-state index in [9.17, 15) is 8.42 Å². The number of sulfonamides is 1. The van der Waals surface area contributed by atoms with E-state index in [0.717, 1.165) is 11.3 Å². The van der Waals surface area contributed by atoms with Crippen molar-refractivity contribution in [1.29, 1.82) is 0 Å². The van der Waals surface area contributed by atoms with Crippen LogP contribution in [0.2, 0.25) is 4.34 Å². The first-order valence-corrected chi connectivity index (χ1v) is 7.04. The second-order valence-electron chi connectivity index (χ2n) is 3.14. The second-order valence-corrected chi connectivity index (χ2v) is 6.98. The molecule has 0 N–H and O–H groups in total. The van der Waals surface area contributed by atoms with E-state index < -0.39 is 16.3 Å². The smallest absolute Gasteiger partial charge is 0.254 e. The molecule has 0 aromatic carbocycles. The Bertz CT molecular complexity index is 456. The first-order chi connectivity index (χ1) is 7.01. The summed E-state index contributed by atoms with van der Waals surface area (Å²) in [6, 6.07) is 3.11. The fraction of sp³-hybridized carbons (Fsp3) is 0.500. The first kappa shape index (κ1) is 11.3. The Morgan fingerprint density at radius 2 is 2.33 bits per heavy atom. The lowest BCUT2D eigenvalue weighted by Crippen LogP contribution is -2.33. The standard InChI is InChI=1S/C8H10ClNO3S2/c1-6-10(4-5-13-6)15(11,12)8-3-2-7(9)14-8/h2-3,6H,4-5H2,1H3. The van der Waals surface area contributed by atoms with Crippen molar-refractivity contribution in [3.8, 4) is 0 Å². The van der Waals surface area contributed by atoms with Crippen molar-refractivity contribution in [1.82, 2.24) is 4.31 Å². The number of hydrogen-bond acceptors (Lipinski definition) is 4. The maximum atomic E-state index is 12.1. The Hall–Kier alpha value is -0.140. The van der Waals surface area contributed by atoms with Gasteiger partial charge in [-0.05, 0) is 19.1 Å². The van der Waals surface area contributed by atoms with Gasteiger partial charge in [0.2, 0.25) is 0 Å². The Balaban J connectivity index is 2.34. The van der Waals surface area contributed by atoms with E-state index >= 15 is 0 Å². The summed E-state index contributed by atoms with van der Waals surface area (Å²) in [7, 11) is -3.42. The Labute approximate surface area is 97.5 Å². The van der Waals surface area contributed by atoms with Crippen LogP contribution in [0.3, 0.4) is 0 Å². The molecule has 2 heterocycles. The van der Waals surface area contributed by atoms with Crippen LogP contribution >= 0.6 is 22.9 Å². The molecule has 1 aliphatic rings. The molecule has 1 saturated heterocycles. The molecule has 1 fully saturated rings. The maximum absolute atomic E-state index is 12.1. The summed E-state index contributed by atoms with van der Waals surface area (Å²) < 4.78 is 31.4. The molecule has 0 bridgehead atoms. The molecular weight excluding hydrogens is 258 g/mol. The zero-order chi connectivity index (χ0) is 11.1. The van der Waals surface area contributed by atoms with Gasteiger partial charge >= 0.3 is 0 Å². The molecule has 0 amide bonds. The molecule has 0 saturated carbocycles. The molecule has 0 spiro atoms. The molecule has 4 nitrogen and oxygen atoms in total. The summed E-state index contributed by atoms with van der Waals surface area (Å²) in [5.41, 5.74) is 0. The van der Waals surface area contributed by atoms with E-state index in [1.54, 1.807) is 13.0 Å². The minimum absolute atomic E-state index is 0.268. The lowest BCUT2D eigenvalue weighted by Gasteiger charge is -2.17. The molecule has 1 atom stereocenters. The third-order valence-electron chi connectivity index (χ3n) is 2.19. The predicted molar refractivity (Wildman–Crippen MR) is 58.6 cm³/mol. The highest BCUT2D eigenvalue weighted by molar-refractivity contribution is 7.91. The number of halogens is 1. The molecule has 0 radical (unpaired) electrons. The summed E-state index contributed by atoms with van der Waals surface area (Å²) in [5, 5.41) is 0. The van der Waals surface area contributed by atoms with Crippen LogP contribution in [0.15, 0.2) is 16.3 Å². The van der Waals surface area contributed by atoms with E-state index in [1.165, 1.54) is 10.4 Å². The zero-order valence-corrected chi connectivity index (χ0v) is 10.4. The average Bonchev–Trinajstić information content (AvgIpc) is 2.74. The Kier molecular flexibility index (Phi) is 3.05. The third-order valence-corrected chi connectivity index (χ3v) is 5.84. The van der Waals surface area contributed by atoms with Crippen molar-refractivity contribution >= 4 is 33.0 Å². The van der Waals surface area contributed by atoms with E-state index in [2.05, 4.69) is 0 Å². The van der Waals surface area contributed by atoms with Gasteiger partial charge in [0.15, 0.2) is 0 Å². The van der Waals surface area contributed by atoms with E-state index in [1.807, 2.05) is 0 Å². The molecule has 1 unspecified atom stereocenters. The van der Waals surface area contributed by atoms with Gasteiger partial charge in [-0.1, -0.05) is 11.6 Å². The Morgan fingerprint density at radius 3 is 2.80 bits per heavy atom. The third kappa shape index (κ3) is 2.05. The molecule has 7 heteroatoms. The van der Waals surface area contributed by atoms with Crippen LogP contribution in [0.1, 0.15) is 6.92 Å². The molecule has 1 aromatic rings. The van der Waals surface area contributed by atoms with Gasteiger partial charge in [0, 0.05) is 6.54 Å². The largest absolute Gasteiger partial charge is 0.361 e.